The first-order valence-electron chi connectivity index (χ1n) is 8.82. The van der Waals surface area contributed by atoms with Gasteiger partial charge in [-0.2, -0.15) is 0 Å². The van der Waals surface area contributed by atoms with Crippen LogP contribution >= 0.6 is 0 Å². The Morgan fingerprint density at radius 2 is 1.85 bits per heavy atom. The van der Waals surface area contributed by atoms with Crippen molar-refractivity contribution in [2.24, 2.45) is 0 Å². The number of rotatable bonds is 8. The average Bonchev–Trinajstić information content (AvgIpc) is 3.03. The van der Waals surface area contributed by atoms with Gasteiger partial charge in [-0.1, -0.05) is 24.3 Å². The number of aryl methyl sites for hydroxylation is 1. The van der Waals surface area contributed by atoms with Gasteiger partial charge in [0.1, 0.15) is 17.3 Å². The predicted molar refractivity (Wildman–Crippen MR) is 103 cm³/mol. The van der Waals surface area contributed by atoms with Gasteiger partial charge in [-0.05, 0) is 44.3 Å². The Labute approximate surface area is 158 Å². The van der Waals surface area contributed by atoms with Crippen LogP contribution in [0.1, 0.15) is 11.5 Å². The van der Waals surface area contributed by atoms with Crippen molar-refractivity contribution >= 4 is 0 Å². The molecule has 1 heterocycles. The summed E-state index contributed by atoms with van der Waals surface area (Å²) >= 11 is 0. The molecular formula is C21H24N2O4. The maximum absolute atomic E-state index is 9.56. The van der Waals surface area contributed by atoms with Crippen molar-refractivity contribution in [1.29, 1.82) is 0 Å². The summed E-state index contributed by atoms with van der Waals surface area (Å²) in [6.45, 7) is 2.49. The minimum absolute atomic E-state index is 0.262. The lowest BCUT2D eigenvalue weighted by atomic mass is 10.2. The number of ether oxygens (including phenoxy) is 1. The molecule has 3 rings (SSSR count). The number of aliphatic hydroxyl groups excluding tert-OH is 2. The van der Waals surface area contributed by atoms with E-state index in [2.05, 4.69) is 4.98 Å². The highest BCUT2D eigenvalue weighted by atomic mass is 16.5. The van der Waals surface area contributed by atoms with Gasteiger partial charge in [0.05, 0.1) is 18.4 Å². The number of likely N-dealkylation sites (N-methyl/N-ethyl adjacent to an activating group) is 1. The molecule has 6 nitrogen and oxygen atoms in total. The van der Waals surface area contributed by atoms with Gasteiger partial charge in [0.25, 0.3) is 0 Å². The van der Waals surface area contributed by atoms with E-state index in [1.54, 1.807) is 0 Å². The molecule has 0 aliphatic carbocycles. The van der Waals surface area contributed by atoms with Gasteiger partial charge in [-0.3, -0.25) is 4.90 Å². The first-order valence-corrected chi connectivity index (χ1v) is 8.82. The summed E-state index contributed by atoms with van der Waals surface area (Å²) in [4.78, 5) is 6.49. The highest BCUT2D eigenvalue weighted by Gasteiger charge is 2.15. The maximum Gasteiger partial charge on any atom is 0.226 e. The molecule has 2 N–H and O–H groups in total. The highest BCUT2D eigenvalue weighted by molar-refractivity contribution is 5.57. The molecule has 0 amide bonds. The van der Waals surface area contributed by atoms with E-state index in [1.165, 1.54) is 0 Å². The van der Waals surface area contributed by atoms with E-state index in [1.807, 2.05) is 73.5 Å². The van der Waals surface area contributed by atoms with E-state index < -0.39 is 6.10 Å². The van der Waals surface area contributed by atoms with Crippen molar-refractivity contribution < 1.29 is 19.4 Å². The van der Waals surface area contributed by atoms with Crippen molar-refractivity contribution in [3.63, 3.8) is 0 Å². The predicted octanol–water partition coefficient (Wildman–Crippen LogP) is 3.23. The third-order valence-corrected chi connectivity index (χ3v) is 4.11. The standard InChI is InChI=1S/C21H24N2O4/c1-15-20(13-23(2)12-17(25)14-24)22-21(26-15)16-7-6-10-19(11-16)27-18-8-4-3-5-9-18/h3-11,17,24-25H,12-14H2,1-2H3/t17-/m1/s1. The topological polar surface area (TPSA) is 79.0 Å². The SMILES string of the molecule is Cc1oc(-c2cccc(Oc3ccccc3)c2)nc1CN(C)C[C@@H](O)CO. The summed E-state index contributed by atoms with van der Waals surface area (Å²) in [7, 11) is 1.86. The molecular weight excluding hydrogens is 344 g/mol. The minimum Gasteiger partial charge on any atom is -0.457 e. The lowest BCUT2D eigenvalue weighted by Gasteiger charge is -2.18. The number of aromatic nitrogens is 1. The quantitative estimate of drug-likeness (QED) is 0.636. The fourth-order valence-corrected chi connectivity index (χ4v) is 2.75. The van der Waals surface area contributed by atoms with E-state index in [0.29, 0.717) is 24.7 Å². The zero-order valence-electron chi connectivity index (χ0n) is 15.5. The Bertz CT molecular complexity index is 864. The monoisotopic (exact) mass is 368 g/mol. The molecule has 0 radical (unpaired) electrons. The van der Waals surface area contributed by atoms with Gasteiger partial charge >= 0.3 is 0 Å². The van der Waals surface area contributed by atoms with Crippen LogP contribution in [0.4, 0.5) is 0 Å². The first-order chi connectivity index (χ1) is 13.0. The largest absolute Gasteiger partial charge is 0.457 e. The summed E-state index contributed by atoms with van der Waals surface area (Å²) in [5.74, 6) is 2.73. The number of oxazole rings is 1. The van der Waals surface area contributed by atoms with Crippen LogP contribution in [0.5, 0.6) is 11.5 Å². The lowest BCUT2D eigenvalue weighted by Crippen LogP contribution is -2.31. The number of benzene rings is 2. The normalized spacial score (nSPS) is 12.3. The molecule has 3 aromatic rings. The van der Waals surface area contributed by atoms with Crippen LogP contribution in [0.2, 0.25) is 0 Å². The molecule has 142 valence electrons. The Kier molecular flexibility index (Phi) is 6.24. The number of para-hydroxylation sites is 1. The van der Waals surface area contributed by atoms with Crippen LogP contribution in [0.25, 0.3) is 11.5 Å². The Morgan fingerprint density at radius 1 is 1.11 bits per heavy atom. The summed E-state index contributed by atoms with van der Waals surface area (Å²) in [6.07, 6.45) is -0.770. The molecule has 0 bridgehead atoms. The van der Waals surface area contributed by atoms with Crippen molar-refractivity contribution in [2.45, 2.75) is 19.6 Å². The van der Waals surface area contributed by atoms with Crippen LogP contribution < -0.4 is 4.74 Å². The summed E-state index contributed by atoms with van der Waals surface area (Å²) < 4.78 is 11.7. The van der Waals surface area contributed by atoms with Gasteiger partial charge in [0, 0.05) is 18.7 Å². The summed E-state index contributed by atoms with van der Waals surface area (Å²) in [5, 5.41) is 18.5. The minimum atomic E-state index is -0.770. The highest BCUT2D eigenvalue weighted by Crippen LogP contribution is 2.28. The van der Waals surface area contributed by atoms with Crippen LogP contribution in [0.15, 0.2) is 59.0 Å². The molecule has 0 fully saturated rings. The number of hydrogen-bond acceptors (Lipinski definition) is 6. The number of aliphatic hydroxyl groups is 2. The Balaban J connectivity index is 1.74. The van der Waals surface area contributed by atoms with Crippen molar-refractivity contribution in [2.75, 3.05) is 20.2 Å². The molecule has 1 atom stereocenters. The second-order valence-corrected chi connectivity index (χ2v) is 6.50. The zero-order valence-corrected chi connectivity index (χ0v) is 15.5. The molecule has 27 heavy (non-hydrogen) atoms. The van der Waals surface area contributed by atoms with Crippen LogP contribution in [0, 0.1) is 6.92 Å². The van der Waals surface area contributed by atoms with Crippen LogP contribution in [0.3, 0.4) is 0 Å². The van der Waals surface area contributed by atoms with Crippen LogP contribution in [-0.2, 0) is 6.54 Å². The van der Waals surface area contributed by atoms with Crippen molar-refractivity contribution in [3.8, 4) is 23.0 Å². The summed E-state index contributed by atoms with van der Waals surface area (Å²) in [5.41, 5.74) is 1.63. The molecule has 0 aliphatic rings. The molecule has 0 spiro atoms. The Hall–Kier alpha value is -2.67. The molecule has 0 unspecified atom stereocenters. The molecule has 0 saturated heterocycles. The first kappa shape index (κ1) is 19.1. The Morgan fingerprint density at radius 3 is 2.59 bits per heavy atom. The molecule has 2 aromatic carbocycles. The van der Waals surface area contributed by atoms with E-state index in [0.717, 1.165) is 22.8 Å². The fourth-order valence-electron chi connectivity index (χ4n) is 2.75. The van der Waals surface area contributed by atoms with Crippen molar-refractivity contribution in [3.05, 3.63) is 66.1 Å². The summed E-state index contributed by atoms with van der Waals surface area (Å²) in [6, 6.07) is 17.2. The van der Waals surface area contributed by atoms with E-state index in [4.69, 9.17) is 14.3 Å². The van der Waals surface area contributed by atoms with Gasteiger partial charge in [-0.25, -0.2) is 4.98 Å². The van der Waals surface area contributed by atoms with Crippen molar-refractivity contribution in [1.82, 2.24) is 9.88 Å². The fraction of sp³-hybridized carbons (Fsp3) is 0.286. The van der Waals surface area contributed by atoms with Gasteiger partial charge in [-0.15, -0.1) is 0 Å². The molecule has 0 saturated carbocycles. The van der Waals surface area contributed by atoms with Gasteiger partial charge in [0.15, 0.2) is 0 Å². The molecule has 6 heteroatoms. The maximum atomic E-state index is 9.56. The zero-order chi connectivity index (χ0) is 19.2. The van der Waals surface area contributed by atoms with Crippen LogP contribution in [-0.4, -0.2) is 46.4 Å². The van der Waals surface area contributed by atoms with Gasteiger partial charge < -0.3 is 19.4 Å². The third kappa shape index (κ3) is 5.17. The van der Waals surface area contributed by atoms with E-state index in [-0.39, 0.29) is 6.61 Å². The second-order valence-electron chi connectivity index (χ2n) is 6.50. The number of nitrogens with zero attached hydrogens (tertiary/aromatic N) is 2. The van der Waals surface area contributed by atoms with E-state index >= 15 is 0 Å². The van der Waals surface area contributed by atoms with E-state index in [9.17, 15) is 5.11 Å². The second kappa shape index (κ2) is 8.81. The average molecular weight is 368 g/mol. The number of hydrogen-bond donors (Lipinski definition) is 2. The van der Waals surface area contributed by atoms with Gasteiger partial charge in [0.2, 0.25) is 5.89 Å². The third-order valence-electron chi connectivity index (χ3n) is 4.11. The smallest absolute Gasteiger partial charge is 0.226 e. The molecule has 1 aromatic heterocycles. The lowest BCUT2D eigenvalue weighted by molar-refractivity contribution is 0.0644. The molecule has 0 aliphatic heterocycles.